The first-order chi connectivity index (χ1) is 19.5. The third kappa shape index (κ3) is 6.90. The molecule has 1 saturated carbocycles. The van der Waals surface area contributed by atoms with Crippen molar-refractivity contribution in [2.24, 2.45) is 0 Å². The molecule has 222 valence electrons. The van der Waals surface area contributed by atoms with Gasteiger partial charge in [0.2, 0.25) is 5.91 Å². The molecule has 9 nitrogen and oxygen atoms in total. The van der Waals surface area contributed by atoms with Crippen molar-refractivity contribution in [2.75, 3.05) is 32.7 Å². The van der Waals surface area contributed by atoms with Crippen LogP contribution in [0, 0.1) is 0 Å². The largest absolute Gasteiger partial charge is 0.416 e. The zero-order valence-corrected chi connectivity index (χ0v) is 23.4. The molecule has 3 aliphatic rings. The SMILES string of the molecule is O=C(NCC(=O)N1CCC(NC2CCC(O)(c3ncc(C(=O)N4CCCC4)s3)CC2)C1)c1cccc(C(F)(F)F)c1. The maximum Gasteiger partial charge on any atom is 0.416 e. The Balaban J connectivity index is 1.06. The van der Waals surface area contributed by atoms with Crippen LogP contribution in [0.2, 0.25) is 0 Å². The van der Waals surface area contributed by atoms with Gasteiger partial charge in [0.15, 0.2) is 0 Å². The third-order valence-corrected chi connectivity index (χ3v) is 9.36. The maximum atomic E-state index is 12.9. The molecule has 1 atom stereocenters. The van der Waals surface area contributed by atoms with Crippen molar-refractivity contribution in [3.8, 4) is 0 Å². The summed E-state index contributed by atoms with van der Waals surface area (Å²) < 4.78 is 38.8. The van der Waals surface area contributed by atoms with Crippen LogP contribution in [0.25, 0.3) is 0 Å². The van der Waals surface area contributed by atoms with E-state index < -0.39 is 23.2 Å². The number of amides is 3. The second kappa shape index (κ2) is 12.1. The number of benzene rings is 1. The first kappa shape index (κ1) is 29.5. The van der Waals surface area contributed by atoms with Crippen molar-refractivity contribution in [3.63, 3.8) is 0 Å². The number of hydrogen-bond donors (Lipinski definition) is 3. The number of likely N-dealkylation sites (tertiary alicyclic amines) is 2. The van der Waals surface area contributed by atoms with E-state index in [4.69, 9.17) is 0 Å². The second-order valence-electron chi connectivity index (χ2n) is 11.1. The van der Waals surface area contributed by atoms with E-state index in [0.717, 1.165) is 63.4 Å². The predicted octanol–water partition coefficient (Wildman–Crippen LogP) is 3.15. The summed E-state index contributed by atoms with van der Waals surface area (Å²) in [6, 6.07) is 4.33. The van der Waals surface area contributed by atoms with Crippen LogP contribution in [-0.2, 0) is 16.6 Å². The van der Waals surface area contributed by atoms with Crippen molar-refractivity contribution in [1.29, 1.82) is 0 Å². The Labute approximate surface area is 240 Å². The predicted molar refractivity (Wildman–Crippen MR) is 145 cm³/mol. The average molecular weight is 594 g/mol. The number of aliphatic hydroxyl groups is 1. The minimum Gasteiger partial charge on any atom is -0.383 e. The summed E-state index contributed by atoms with van der Waals surface area (Å²) in [5.41, 5.74) is -2.13. The summed E-state index contributed by atoms with van der Waals surface area (Å²) in [6.45, 7) is 2.21. The van der Waals surface area contributed by atoms with Crippen molar-refractivity contribution >= 4 is 29.1 Å². The molecule has 5 rings (SSSR count). The standard InChI is InChI=1S/C28H34F3N5O4S/c29-28(30,31)19-5-3-4-18(14-19)24(38)32-16-23(37)36-13-8-21(17-36)34-20-6-9-27(40,10-7-20)26-33-15-22(41-26)25(39)35-11-1-2-12-35/h3-5,14-15,20-21,34,40H,1-2,6-13,16-17H2,(H,32,38). The minimum atomic E-state index is -4.56. The molecule has 2 saturated heterocycles. The maximum absolute atomic E-state index is 12.9. The van der Waals surface area contributed by atoms with Gasteiger partial charge in [0.1, 0.15) is 15.5 Å². The molecule has 0 spiro atoms. The Morgan fingerprint density at radius 2 is 1.78 bits per heavy atom. The van der Waals surface area contributed by atoms with Gasteiger partial charge in [-0.2, -0.15) is 13.2 Å². The number of nitrogens with zero attached hydrogens (tertiary/aromatic N) is 3. The van der Waals surface area contributed by atoms with Crippen LogP contribution < -0.4 is 10.6 Å². The lowest BCUT2D eigenvalue weighted by molar-refractivity contribution is -0.137. The lowest BCUT2D eigenvalue weighted by atomic mass is 9.82. The number of thiazole rings is 1. The fourth-order valence-corrected chi connectivity index (χ4v) is 6.83. The summed E-state index contributed by atoms with van der Waals surface area (Å²) in [6.07, 6.45) is 2.28. The Morgan fingerprint density at radius 1 is 1.05 bits per heavy atom. The number of carbonyl (C=O) groups excluding carboxylic acids is 3. The summed E-state index contributed by atoms with van der Waals surface area (Å²) >= 11 is 1.28. The molecule has 1 unspecified atom stereocenters. The number of aromatic nitrogens is 1. The highest BCUT2D eigenvalue weighted by molar-refractivity contribution is 7.13. The van der Waals surface area contributed by atoms with Crippen molar-refractivity contribution in [2.45, 2.75) is 68.8 Å². The van der Waals surface area contributed by atoms with Gasteiger partial charge < -0.3 is 25.5 Å². The average Bonchev–Trinajstić information content (AvgIpc) is 3.75. The fourth-order valence-electron chi connectivity index (χ4n) is 5.80. The fraction of sp³-hybridized carbons (Fsp3) is 0.571. The van der Waals surface area contributed by atoms with Crippen LogP contribution in [0.5, 0.6) is 0 Å². The minimum absolute atomic E-state index is 0.0132. The number of alkyl halides is 3. The molecular weight excluding hydrogens is 559 g/mol. The quantitative estimate of drug-likeness (QED) is 0.455. The van der Waals surface area contributed by atoms with Crippen molar-refractivity contribution in [1.82, 2.24) is 25.4 Å². The molecule has 2 aliphatic heterocycles. The van der Waals surface area contributed by atoms with Gasteiger partial charge in [-0.25, -0.2) is 4.98 Å². The molecular formula is C28H34F3N5O4S. The molecule has 3 fully saturated rings. The third-order valence-electron chi connectivity index (χ3n) is 8.19. The van der Waals surface area contributed by atoms with Crippen LogP contribution >= 0.6 is 11.3 Å². The van der Waals surface area contributed by atoms with Crippen LogP contribution in [0.3, 0.4) is 0 Å². The van der Waals surface area contributed by atoms with E-state index in [0.29, 0.717) is 35.8 Å². The van der Waals surface area contributed by atoms with Crippen LogP contribution in [-0.4, -0.2) is 82.4 Å². The zero-order valence-electron chi connectivity index (χ0n) is 22.6. The van der Waals surface area contributed by atoms with E-state index in [9.17, 15) is 32.7 Å². The summed E-state index contributed by atoms with van der Waals surface area (Å²) in [5, 5.41) is 17.9. The lowest BCUT2D eigenvalue weighted by Crippen LogP contribution is -2.46. The van der Waals surface area contributed by atoms with E-state index in [1.54, 1.807) is 11.1 Å². The molecule has 1 aromatic carbocycles. The smallest absolute Gasteiger partial charge is 0.383 e. The Hall–Kier alpha value is -3.03. The van der Waals surface area contributed by atoms with E-state index in [1.807, 2.05) is 4.90 Å². The van der Waals surface area contributed by atoms with Crippen molar-refractivity contribution < 1.29 is 32.7 Å². The highest BCUT2D eigenvalue weighted by Gasteiger charge is 2.39. The summed E-state index contributed by atoms with van der Waals surface area (Å²) in [5.74, 6) is -1.04. The van der Waals surface area contributed by atoms with E-state index >= 15 is 0 Å². The van der Waals surface area contributed by atoms with Crippen LogP contribution in [0.15, 0.2) is 30.5 Å². The zero-order chi connectivity index (χ0) is 29.2. The highest BCUT2D eigenvalue weighted by Crippen LogP contribution is 2.39. The topological polar surface area (TPSA) is 115 Å². The first-order valence-electron chi connectivity index (χ1n) is 14.0. The molecule has 13 heteroatoms. The van der Waals surface area contributed by atoms with Crippen LogP contribution in [0.4, 0.5) is 13.2 Å². The summed E-state index contributed by atoms with van der Waals surface area (Å²) in [7, 11) is 0. The Kier molecular flexibility index (Phi) is 8.67. The van der Waals surface area contributed by atoms with Crippen LogP contribution in [0.1, 0.15) is 75.5 Å². The highest BCUT2D eigenvalue weighted by atomic mass is 32.1. The first-order valence-corrected chi connectivity index (χ1v) is 14.8. The molecule has 3 amide bonds. The second-order valence-corrected chi connectivity index (χ2v) is 12.1. The molecule has 41 heavy (non-hydrogen) atoms. The summed E-state index contributed by atoms with van der Waals surface area (Å²) in [4.78, 5) is 46.1. The Bertz CT molecular complexity index is 1270. The van der Waals surface area contributed by atoms with Gasteiger partial charge >= 0.3 is 6.18 Å². The Morgan fingerprint density at radius 3 is 2.49 bits per heavy atom. The van der Waals surface area contributed by atoms with Gasteiger partial charge in [0, 0.05) is 43.8 Å². The van der Waals surface area contributed by atoms with E-state index in [-0.39, 0.29) is 36.0 Å². The number of carbonyl (C=O) groups is 3. The van der Waals surface area contributed by atoms with Gasteiger partial charge in [-0.1, -0.05) is 6.07 Å². The number of rotatable bonds is 7. The van der Waals surface area contributed by atoms with Crippen molar-refractivity contribution in [3.05, 3.63) is 51.5 Å². The van der Waals surface area contributed by atoms with Gasteiger partial charge in [-0.15, -0.1) is 11.3 Å². The van der Waals surface area contributed by atoms with Gasteiger partial charge in [0.25, 0.3) is 11.8 Å². The van der Waals surface area contributed by atoms with Gasteiger partial charge in [-0.05, 0) is 63.1 Å². The molecule has 1 aliphatic carbocycles. The lowest BCUT2D eigenvalue weighted by Gasteiger charge is -2.36. The monoisotopic (exact) mass is 593 g/mol. The molecule has 3 N–H and O–H groups in total. The molecule has 0 bridgehead atoms. The van der Waals surface area contributed by atoms with E-state index in [2.05, 4.69) is 15.6 Å². The normalized spacial score (nSPS) is 25.0. The molecule has 2 aromatic rings. The number of halogens is 3. The molecule has 1 aromatic heterocycles. The number of nitrogens with one attached hydrogen (secondary N) is 2. The van der Waals surface area contributed by atoms with Gasteiger partial charge in [0.05, 0.1) is 18.3 Å². The van der Waals surface area contributed by atoms with Gasteiger partial charge in [-0.3, -0.25) is 14.4 Å². The molecule has 3 heterocycles. The van der Waals surface area contributed by atoms with E-state index in [1.165, 1.54) is 17.4 Å². The molecule has 0 radical (unpaired) electrons. The number of hydrogen-bond acceptors (Lipinski definition) is 7.